The molecule has 0 saturated carbocycles. The number of carbonyl (C=O) groups is 1. The molecule has 2 heterocycles. The van der Waals surface area contributed by atoms with E-state index < -0.39 is 0 Å². The molecule has 4 rings (SSSR count). The van der Waals surface area contributed by atoms with Crippen molar-refractivity contribution in [3.05, 3.63) is 66.6 Å². The predicted octanol–water partition coefficient (Wildman–Crippen LogP) is 4.83. The minimum Gasteiger partial charge on any atom is -0.359 e. The van der Waals surface area contributed by atoms with E-state index in [1.54, 1.807) is 6.20 Å². The zero-order chi connectivity index (χ0) is 20.2. The maximum absolute atomic E-state index is 12.0. The van der Waals surface area contributed by atoms with E-state index in [-0.39, 0.29) is 18.7 Å². The molecule has 0 spiro atoms. The summed E-state index contributed by atoms with van der Waals surface area (Å²) in [6.45, 7) is 2.14. The Labute approximate surface area is 168 Å². The quantitative estimate of drug-likeness (QED) is 0.500. The third kappa shape index (κ3) is 3.90. The van der Waals surface area contributed by atoms with Crippen LogP contribution in [0.3, 0.4) is 0 Å². The van der Waals surface area contributed by atoms with Gasteiger partial charge in [0.25, 0.3) is 0 Å². The van der Waals surface area contributed by atoms with Gasteiger partial charge >= 0.3 is 0 Å². The van der Waals surface area contributed by atoms with Crippen molar-refractivity contribution in [3.8, 4) is 22.9 Å². The van der Waals surface area contributed by atoms with Gasteiger partial charge in [-0.3, -0.25) is 4.79 Å². The van der Waals surface area contributed by atoms with Crippen molar-refractivity contribution in [2.24, 2.45) is 0 Å². The van der Waals surface area contributed by atoms with Crippen molar-refractivity contribution in [1.82, 2.24) is 14.8 Å². The molecular weight excluding hydrogens is 362 g/mol. The monoisotopic (exact) mass is 383 g/mol. The number of fused-ring (bicyclic) bond motifs is 1. The minimum absolute atomic E-state index is 0.166. The maximum atomic E-state index is 12.0. The molecule has 6 nitrogen and oxygen atoms in total. The standard InChI is InChI=1S/C23H21N5O/c1-2-16-5-8-19(9-6-16)28-15-18(13-26-28)17-7-10-21-20(12-17)22(14-25-21)27-23(29)4-3-11-24/h5-10,12-15,25H,2-4H2,1H3,(H,27,29). The fourth-order valence-corrected chi connectivity index (χ4v) is 3.28. The van der Waals surface area contributed by atoms with E-state index in [1.165, 1.54) is 5.56 Å². The number of rotatable bonds is 6. The summed E-state index contributed by atoms with van der Waals surface area (Å²) in [5, 5.41) is 16.9. The van der Waals surface area contributed by atoms with Gasteiger partial charge in [-0.25, -0.2) is 4.68 Å². The number of anilines is 1. The molecule has 2 aromatic heterocycles. The van der Waals surface area contributed by atoms with Crippen molar-refractivity contribution < 1.29 is 4.79 Å². The van der Waals surface area contributed by atoms with Gasteiger partial charge in [-0.05, 0) is 41.8 Å². The SMILES string of the molecule is CCc1ccc(-n2cc(-c3ccc4[nH]cc(NC(=O)CCC#N)c4c3)cn2)cc1. The number of nitriles is 1. The van der Waals surface area contributed by atoms with E-state index in [0.29, 0.717) is 5.69 Å². The van der Waals surface area contributed by atoms with Crippen LogP contribution in [0.5, 0.6) is 0 Å². The van der Waals surface area contributed by atoms with Gasteiger partial charge in [-0.15, -0.1) is 0 Å². The lowest BCUT2D eigenvalue weighted by Crippen LogP contribution is -2.10. The number of aromatic nitrogens is 3. The molecule has 0 atom stereocenters. The van der Waals surface area contributed by atoms with Crippen LogP contribution in [-0.4, -0.2) is 20.7 Å². The van der Waals surface area contributed by atoms with Gasteiger partial charge in [0, 0.05) is 41.7 Å². The normalized spacial score (nSPS) is 10.8. The number of nitrogens with one attached hydrogen (secondary N) is 2. The second kappa shape index (κ2) is 8.03. The first-order chi connectivity index (χ1) is 14.2. The molecule has 1 amide bonds. The Balaban J connectivity index is 1.61. The highest BCUT2D eigenvalue weighted by Gasteiger charge is 2.10. The summed E-state index contributed by atoms with van der Waals surface area (Å²) < 4.78 is 1.86. The Bertz CT molecular complexity index is 1190. The number of aromatic amines is 1. The van der Waals surface area contributed by atoms with E-state index in [2.05, 4.69) is 46.6 Å². The zero-order valence-electron chi connectivity index (χ0n) is 16.1. The van der Waals surface area contributed by atoms with Gasteiger partial charge in [0.1, 0.15) is 0 Å². The maximum Gasteiger partial charge on any atom is 0.225 e. The van der Waals surface area contributed by atoms with Crippen LogP contribution in [0.2, 0.25) is 0 Å². The van der Waals surface area contributed by atoms with Crippen LogP contribution < -0.4 is 5.32 Å². The summed E-state index contributed by atoms with van der Waals surface area (Å²) >= 11 is 0. The number of hydrogen-bond acceptors (Lipinski definition) is 3. The Morgan fingerprint density at radius 3 is 2.79 bits per heavy atom. The molecule has 144 valence electrons. The lowest BCUT2D eigenvalue weighted by Gasteiger charge is -2.04. The van der Waals surface area contributed by atoms with E-state index in [1.807, 2.05) is 41.3 Å². The summed E-state index contributed by atoms with van der Waals surface area (Å²) in [7, 11) is 0. The van der Waals surface area contributed by atoms with E-state index in [0.717, 1.165) is 34.1 Å². The molecule has 0 aliphatic heterocycles. The third-order valence-electron chi connectivity index (χ3n) is 4.94. The molecule has 29 heavy (non-hydrogen) atoms. The summed E-state index contributed by atoms with van der Waals surface area (Å²) in [4.78, 5) is 15.2. The molecule has 0 radical (unpaired) electrons. The first-order valence-electron chi connectivity index (χ1n) is 9.60. The van der Waals surface area contributed by atoms with Crippen LogP contribution in [0, 0.1) is 11.3 Å². The minimum atomic E-state index is -0.166. The summed E-state index contributed by atoms with van der Waals surface area (Å²) in [6, 6.07) is 16.4. The highest BCUT2D eigenvalue weighted by atomic mass is 16.1. The van der Waals surface area contributed by atoms with Crippen molar-refractivity contribution >= 4 is 22.5 Å². The largest absolute Gasteiger partial charge is 0.359 e. The number of amides is 1. The number of H-pyrrole nitrogens is 1. The fraction of sp³-hybridized carbons (Fsp3) is 0.174. The summed E-state index contributed by atoms with van der Waals surface area (Å²) in [5.41, 5.74) is 5.97. The Hall–Kier alpha value is -3.85. The van der Waals surface area contributed by atoms with Crippen LogP contribution in [0.15, 0.2) is 61.1 Å². The van der Waals surface area contributed by atoms with Gasteiger partial charge in [0.05, 0.1) is 23.6 Å². The van der Waals surface area contributed by atoms with Gasteiger partial charge in [0.2, 0.25) is 5.91 Å². The van der Waals surface area contributed by atoms with Gasteiger partial charge in [-0.2, -0.15) is 10.4 Å². The fourth-order valence-electron chi connectivity index (χ4n) is 3.28. The van der Waals surface area contributed by atoms with Crippen LogP contribution in [-0.2, 0) is 11.2 Å². The predicted molar refractivity (Wildman–Crippen MR) is 114 cm³/mol. The molecule has 0 aliphatic carbocycles. The van der Waals surface area contributed by atoms with Gasteiger partial charge in [-0.1, -0.05) is 25.1 Å². The number of hydrogen-bond donors (Lipinski definition) is 2. The average Bonchev–Trinajstić information content (AvgIpc) is 3.40. The Morgan fingerprint density at radius 1 is 1.21 bits per heavy atom. The number of carbonyl (C=O) groups excluding carboxylic acids is 1. The molecular formula is C23H21N5O. The van der Waals surface area contributed by atoms with Gasteiger partial charge < -0.3 is 10.3 Å². The molecule has 0 fully saturated rings. The molecule has 0 aliphatic rings. The van der Waals surface area contributed by atoms with Crippen molar-refractivity contribution in [2.45, 2.75) is 26.2 Å². The highest BCUT2D eigenvalue weighted by molar-refractivity contribution is 6.02. The van der Waals surface area contributed by atoms with E-state index in [4.69, 9.17) is 5.26 Å². The molecule has 6 heteroatoms. The lowest BCUT2D eigenvalue weighted by atomic mass is 10.1. The molecule has 4 aromatic rings. The molecule has 0 unspecified atom stereocenters. The first-order valence-corrected chi connectivity index (χ1v) is 9.60. The van der Waals surface area contributed by atoms with Crippen LogP contribution >= 0.6 is 0 Å². The zero-order valence-corrected chi connectivity index (χ0v) is 16.1. The van der Waals surface area contributed by atoms with Crippen molar-refractivity contribution in [1.29, 1.82) is 5.26 Å². The highest BCUT2D eigenvalue weighted by Crippen LogP contribution is 2.29. The topological polar surface area (TPSA) is 86.5 Å². The van der Waals surface area contributed by atoms with Crippen LogP contribution in [0.4, 0.5) is 5.69 Å². The summed E-state index contributed by atoms with van der Waals surface area (Å²) in [6.07, 6.45) is 7.02. The third-order valence-corrected chi connectivity index (χ3v) is 4.94. The number of benzene rings is 2. The number of nitrogens with zero attached hydrogens (tertiary/aromatic N) is 3. The second-order valence-corrected chi connectivity index (χ2v) is 6.86. The average molecular weight is 383 g/mol. The smallest absolute Gasteiger partial charge is 0.225 e. The first kappa shape index (κ1) is 18.5. The van der Waals surface area contributed by atoms with E-state index in [9.17, 15) is 4.79 Å². The lowest BCUT2D eigenvalue weighted by molar-refractivity contribution is -0.116. The molecule has 2 N–H and O–H groups in total. The second-order valence-electron chi connectivity index (χ2n) is 6.86. The van der Waals surface area contributed by atoms with Crippen molar-refractivity contribution in [2.75, 3.05) is 5.32 Å². The van der Waals surface area contributed by atoms with Crippen LogP contribution in [0.25, 0.3) is 27.7 Å². The van der Waals surface area contributed by atoms with E-state index >= 15 is 0 Å². The summed E-state index contributed by atoms with van der Waals surface area (Å²) in [5.74, 6) is -0.166. The van der Waals surface area contributed by atoms with Crippen molar-refractivity contribution in [3.63, 3.8) is 0 Å². The van der Waals surface area contributed by atoms with Crippen LogP contribution in [0.1, 0.15) is 25.3 Å². The molecule has 0 saturated heterocycles. The van der Waals surface area contributed by atoms with Gasteiger partial charge in [0.15, 0.2) is 0 Å². The number of aryl methyl sites for hydroxylation is 1. The molecule has 0 bridgehead atoms. The Kier molecular flexibility index (Phi) is 5.12. The molecule has 2 aromatic carbocycles. The Morgan fingerprint density at radius 2 is 2.03 bits per heavy atom.